The lowest BCUT2D eigenvalue weighted by atomic mass is 9.91. The van der Waals surface area contributed by atoms with Crippen LogP contribution >= 0.6 is 0 Å². The number of nitrogens with zero attached hydrogens (tertiary/aromatic N) is 6. The fourth-order valence-corrected chi connectivity index (χ4v) is 6.55. The highest BCUT2D eigenvalue weighted by molar-refractivity contribution is 6.05. The van der Waals surface area contributed by atoms with E-state index >= 15 is 0 Å². The summed E-state index contributed by atoms with van der Waals surface area (Å²) in [6, 6.07) is 53.8. The van der Waals surface area contributed by atoms with Crippen LogP contribution in [0.25, 0.3) is 89.7 Å². The van der Waals surface area contributed by atoms with Gasteiger partial charge in [0.1, 0.15) is 0 Å². The van der Waals surface area contributed by atoms with Crippen molar-refractivity contribution in [1.29, 1.82) is 0 Å². The van der Waals surface area contributed by atoms with Gasteiger partial charge in [-0.3, -0.25) is 9.97 Å². The SMILES string of the molecule is c1ccc(-c2nc(-c3ccccc3)nc(-c3ccc(-c4ccc(-c5cc(-c6cccnc6)nc(-c6cccnc6)c5)c5ccccc45)cc3)n2)cc1. The van der Waals surface area contributed by atoms with E-state index in [1.807, 2.05) is 97.3 Å². The predicted octanol–water partition coefficient (Wildman–Crippen LogP) is 10.9. The summed E-state index contributed by atoms with van der Waals surface area (Å²) >= 11 is 0. The molecule has 0 fully saturated rings. The molecule has 4 heterocycles. The second kappa shape index (κ2) is 13.6. The molecule has 0 bridgehead atoms. The predicted molar refractivity (Wildman–Crippen MR) is 209 cm³/mol. The van der Waals surface area contributed by atoms with Crippen molar-refractivity contribution in [1.82, 2.24) is 29.9 Å². The topological polar surface area (TPSA) is 77.3 Å². The number of benzene rings is 5. The molecule has 9 rings (SSSR count). The summed E-state index contributed by atoms with van der Waals surface area (Å²) < 4.78 is 0. The fourth-order valence-electron chi connectivity index (χ4n) is 6.55. The van der Waals surface area contributed by atoms with Gasteiger partial charge in [0, 0.05) is 52.6 Å². The molecule has 9 aromatic rings. The van der Waals surface area contributed by atoms with Gasteiger partial charge in [-0.25, -0.2) is 19.9 Å². The quantitative estimate of drug-likeness (QED) is 0.168. The molecule has 0 amide bonds. The fraction of sp³-hybridized carbons (Fsp3) is 0. The van der Waals surface area contributed by atoms with Crippen molar-refractivity contribution in [3.63, 3.8) is 0 Å². The third kappa shape index (κ3) is 6.10. The Labute approximate surface area is 301 Å². The van der Waals surface area contributed by atoms with E-state index in [2.05, 4.69) is 82.8 Å². The highest BCUT2D eigenvalue weighted by Crippen LogP contribution is 2.38. The zero-order valence-corrected chi connectivity index (χ0v) is 28.0. The summed E-state index contributed by atoms with van der Waals surface area (Å²) in [5, 5.41) is 2.32. The number of hydrogen-bond donors (Lipinski definition) is 0. The second-order valence-electron chi connectivity index (χ2n) is 12.4. The average molecular weight is 667 g/mol. The summed E-state index contributed by atoms with van der Waals surface area (Å²) in [6.07, 6.45) is 7.27. The molecule has 0 aliphatic rings. The second-order valence-corrected chi connectivity index (χ2v) is 12.4. The molecule has 52 heavy (non-hydrogen) atoms. The Morgan fingerprint density at radius 1 is 0.288 bits per heavy atom. The van der Waals surface area contributed by atoms with Crippen molar-refractivity contribution < 1.29 is 0 Å². The molecule has 0 unspecified atom stereocenters. The van der Waals surface area contributed by atoms with Crippen LogP contribution in [0, 0.1) is 0 Å². The lowest BCUT2D eigenvalue weighted by molar-refractivity contribution is 1.07. The molecule has 0 N–H and O–H groups in total. The van der Waals surface area contributed by atoms with Crippen LogP contribution in [0.4, 0.5) is 0 Å². The van der Waals surface area contributed by atoms with E-state index in [0.717, 1.165) is 72.2 Å². The molecule has 0 spiro atoms. The summed E-state index contributed by atoms with van der Waals surface area (Å²) in [5.74, 6) is 1.92. The maximum absolute atomic E-state index is 5.03. The van der Waals surface area contributed by atoms with Crippen LogP contribution in [-0.2, 0) is 0 Å². The molecule has 5 aromatic carbocycles. The van der Waals surface area contributed by atoms with Crippen molar-refractivity contribution in [3.05, 3.63) is 183 Å². The molecule has 4 aromatic heterocycles. The first-order valence-electron chi connectivity index (χ1n) is 17.1. The molecule has 0 radical (unpaired) electrons. The van der Waals surface area contributed by atoms with Gasteiger partial charge in [0.25, 0.3) is 0 Å². The van der Waals surface area contributed by atoms with Gasteiger partial charge in [-0.15, -0.1) is 0 Å². The number of aromatic nitrogens is 6. The van der Waals surface area contributed by atoms with Gasteiger partial charge in [-0.2, -0.15) is 0 Å². The van der Waals surface area contributed by atoms with Gasteiger partial charge in [0.2, 0.25) is 0 Å². The van der Waals surface area contributed by atoms with Crippen molar-refractivity contribution in [3.8, 4) is 78.9 Å². The molecule has 6 nitrogen and oxygen atoms in total. The Hall–Kier alpha value is -7.18. The van der Waals surface area contributed by atoms with Crippen LogP contribution in [0.3, 0.4) is 0 Å². The van der Waals surface area contributed by atoms with E-state index in [0.29, 0.717) is 17.5 Å². The molecular formula is C46H30N6. The van der Waals surface area contributed by atoms with Crippen LogP contribution in [-0.4, -0.2) is 29.9 Å². The maximum Gasteiger partial charge on any atom is 0.164 e. The third-order valence-corrected chi connectivity index (χ3v) is 9.13. The molecule has 0 aliphatic heterocycles. The lowest BCUT2D eigenvalue weighted by Gasteiger charge is -2.15. The van der Waals surface area contributed by atoms with E-state index < -0.39 is 0 Å². The van der Waals surface area contributed by atoms with Gasteiger partial charge in [0.05, 0.1) is 11.4 Å². The van der Waals surface area contributed by atoms with Gasteiger partial charge in [0.15, 0.2) is 17.5 Å². The van der Waals surface area contributed by atoms with E-state index in [-0.39, 0.29) is 0 Å². The maximum atomic E-state index is 5.03. The van der Waals surface area contributed by atoms with E-state index in [1.165, 1.54) is 0 Å². The largest absolute Gasteiger partial charge is 0.264 e. The number of hydrogen-bond acceptors (Lipinski definition) is 6. The van der Waals surface area contributed by atoms with Crippen LogP contribution in [0.15, 0.2) is 183 Å². The minimum absolute atomic E-state index is 0.631. The Bertz CT molecular complexity index is 2530. The van der Waals surface area contributed by atoms with Crippen LogP contribution in [0.5, 0.6) is 0 Å². The van der Waals surface area contributed by atoms with Crippen LogP contribution in [0.1, 0.15) is 0 Å². The zero-order valence-electron chi connectivity index (χ0n) is 28.0. The van der Waals surface area contributed by atoms with Crippen LogP contribution < -0.4 is 0 Å². The number of fused-ring (bicyclic) bond motifs is 1. The average Bonchev–Trinajstić information content (AvgIpc) is 3.24. The third-order valence-electron chi connectivity index (χ3n) is 9.13. The molecule has 0 saturated heterocycles. The van der Waals surface area contributed by atoms with Crippen molar-refractivity contribution in [2.75, 3.05) is 0 Å². The molecule has 0 aliphatic carbocycles. The number of pyridine rings is 3. The Kier molecular flexibility index (Phi) is 8.08. The van der Waals surface area contributed by atoms with Gasteiger partial charge in [-0.05, 0) is 69.4 Å². The van der Waals surface area contributed by atoms with Crippen molar-refractivity contribution in [2.45, 2.75) is 0 Å². The van der Waals surface area contributed by atoms with Crippen molar-refractivity contribution >= 4 is 10.8 Å². The normalized spacial score (nSPS) is 11.1. The van der Waals surface area contributed by atoms with Crippen LogP contribution in [0.2, 0.25) is 0 Å². The van der Waals surface area contributed by atoms with E-state index in [4.69, 9.17) is 19.9 Å². The molecule has 0 saturated carbocycles. The molecule has 0 atom stereocenters. The Balaban J connectivity index is 1.13. The van der Waals surface area contributed by atoms with Gasteiger partial charge >= 0.3 is 0 Å². The first-order valence-corrected chi connectivity index (χ1v) is 17.1. The van der Waals surface area contributed by atoms with E-state index in [1.54, 1.807) is 12.4 Å². The Morgan fingerprint density at radius 2 is 0.692 bits per heavy atom. The van der Waals surface area contributed by atoms with E-state index in [9.17, 15) is 0 Å². The molecular weight excluding hydrogens is 637 g/mol. The minimum Gasteiger partial charge on any atom is -0.264 e. The first-order chi connectivity index (χ1) is 25.8. The molecule has 244 valence electrons. The first kappa shape index (κ1) is 30.8. The Morgan fingerprint density at radius 3 is 1.15 bits per heavy atom. The highest BCUT2D eigenvalue weighted by atomic mass is 15.0. The molecule has 6 heteroatoms. The smallest absolute Gasteiger partial charge is 0.164 e. The summed E-state index contributed by atoms with van der Waals surface area (Å²) in [4.78, 5) is 28.4. The monoisotopic (exact) mass is 666 g/mol. The van der Waals surface area contributed by atoms with Gasteiger partial charge in [-0.1, -0.05) is 121 Å². The highest BCUT2D eigenvalue weighted by Gasteiger charge is 2.15. The summed E-state index contributed by atoms with van der Waals surface area (Å²) in [7, 11) is 0. The standard InChI is InChI=1S/C46H30N6/c1-3-11-32(12-4-1)44-50-45(33-13-5-2-6-14-33)52-46(51-44)34-21-19-31(20-22-34)38-23-24-39(41-18-8-7-17-40(38)41)37-27-42(35-15-9-25-47-29-35)49-43(28-37)36-16-10-26-48-30-36/h1-30H. The zero-order chi connectivity index (χ0) is 34.7. The van der Waals surface area contributed by atoms with Gasteiger partial charge < -0.3 is 0 Å². The summed E-state index contributed by atoms with van der Waals surface area (Å²) in [5.41, 5.74) is 10.9. The summed E-state index contributed by atoms with van der Waals surface area (Å²) in [6.45, 7) is 0. The van der Waals surface area contributed by atoms with Crippen molar-refractivity contribution in [2.24, 2.45) is 0 Å². The minimum atomic E-state index is 0.631. The number of rotatable bonds is 7. The lowest BCUT2D eigenvalue weighted by Crippen LogP contribution is -2.00.